The van der Waals surface area contributed by atoms with Gasteiger partial charge in [-0.3, -0.25) is 9.89 Å². The molecule has 0 atom stereocenters. The summed E-state index contributed by atoms with van der Waals surface area (Å²) in [5.41, 5.74) is 2.71. The van der Waals surface area contributed by atoms with Crippen molar-refractivity contribution in [1.29, 1.82) is 0 Å². The first-order valence-corrected chi connectivity index (χ1v) is 5.98. The molecule has 1 amide bonds. The zero-order valence-corrected chi connectivity index (χ0v) is 11.3. The number of nitrogens with one attached hydrogen (secondary N) is 2. The van der Waals surface area contributed by atoms with Crippen LogP contribution in [0.15, 0.2) is 24.5 Å². The molecule has 0 aromatic carbocycles. The van der Waals surface area contributed by atoms with Crippen LogP contribution >= 0.6 is 0 Å². The number of rotatable bonds is 4. The second-order valence-corrected chi connectivity index (χ2v) is 4.51. The van der Waals surface area contributed by atoms with Crippen LogP contribution in [0.25, 0.3) is 0 Å². The van der Waals surface area contributed by atoms with Crippen LogP contribution in [0.5, 0.6) is 0 Å². The highest BCUT2D eigenvalue weighted by atomic mass is 16.2. The molecule has 2 aromatic heterocycles. The Morgan fingerprint density at radius 3 is 2.68 bits per heavy atom. The molecule has 0 aliphatic heterocycles. The number of aryl methyl sites for hydroxylation is 1. The predicted molar refractivity (Wildman–Crippen MR) is 72.9 cm³/mol. The number of carbonyl (C=O) groups excluding carboxylic acids is 1. The Hall–Kier alpha value is -2.37. The molecule has 0 saturated heterocycles. The van der Waals surface area contributed by atoms with E-state index >= 15 is 0 Å². The third-order valence-electron chi connectivity index (χ3n) is 2.81. The smallest absolute Gasteiger partial charge is 0.254 e. The number of hydrogen-bond donors (Lipinski definition) is 2. The third-order valence-corrected chi connectivity index (χ3v) is 2.81. The maximum Gasteiger partial charge on any atom is 0.254 e. The van der Waals surface area contributed by atoms with Crippen LogP contribution in [-0.2, 0) is 6.54 Å². The Bertz CT molecular complexity index is 559. The molecular formula is C13H17N5O. The van der Waals surface area contributed by atoms with E-state index in [1.165, 1.54) is 4.90 Å². The van der Waals surface area contributed by atoms with Gasteiger partial charge in [0.15, 0.2) is 0 Å². The first-order valence-electron chi connectivity index (χ1n) is 5.98. The molecule has 0 spiro atoms. The number of amides is 1. The second-order valence-electron chi connectivity index (χ2n) is 4.51. The van der Waals surface area contributed by atoms with E-state index in [0.29, 0.717) is 12.1 Å². The lowest BCUT2D eigenvalue weighted by Crippen LogP contribution is -2.21. The standard InChI is InChI=1S/C13H17N5O/c1-9-11(8-16-17-9)7-15-12-5-4-10(6-14-12)13(19)18(2)3/h4-6,8H,7H2,1-3H3,(H,14,15)(H,16,17). The number of H-pyrrole nitrogens is 1. The van der Waals surface area contributed by atoms with E-state index in [0.717, 1.165) is 17.1 Å². The van der Waals surface area contributed by atoms with Crippen molar-refractivity contribution in [2.45, 2.75) is 13.5 Å². The predicted octanol–water partition coefficient (Wildman–Crippen LogP) is 1.43. The lowest BCUT2D eigenvalue weighted by Gasteiger charge is -2.10. The lowest BCUT2D eigenvalue weighted by atomic mass is 10.2. The van der Waals surface area contributed by atoms with Gasteiger partial charge in [-0.25, -0.2) is 4.98 Å². The van der Waals surface area contributed by atoms with Crippen molar-refractivity contribution >= 4 is 11.7 Å². The summed E-state index contributed by atoms with van der Waals surface area (Å²) >= 11 is 0. The van der Waals surface area contributed by atoms with Gasteiger partial charge in [-0.05, 0) is 19.1 Å². The van der Waals surface area contributed by atoms with Gasteiger partial charge in [0, 0.05) is 38.1 Å². The highest BCUT2D eigenvalue weighted by molar-refractivity contribution is 5.93. The molecule has 2 aromatic rings. The number of nitrogens with zero attached hydrogens (tertiary/aromatic N) is 3. The summed E-state index contributed by atoms with van der Waals surface area (Å²) in [7, 11) is 3.44. The van der Waals surface area contributed by atoms with Crippen LogP contribution in [0, 0.1) is 6.92 Å². The van der Waals surface area contributed by atoms with Crippen molar-refractivity contribution in [3.63, 3.8) is 0 Å². The number of aromatic nitrogens is 3. The van der Waals surface area contributed by atoms with Crippen LogP contribution < -0.4 is 5.32 Å². The lowest BCUT2D eigenvalue weighted by molar-refractivity contribution is 0.0827. The van der Waals surface area contributed by atoms with E-state index in [1.54, 1.807) is 38.6 Å². The molecular weight excluding hydrogens is 242 g/mol. The Morgan fingerprint density at radius 1 is 1.37 bits per heavy atom. The maximum absolute atomic E-state index is 11.7. The van der Waals surface area contributed by atoms with Crippen LogP contribution in [0.4, 0.5) is 5.82 Å². The van der Waals surface area contributed by atoms with Crippen molar-refractivity contribution in [3.05, 3.63) is 41.3 Å². The summed E-state index contributed by atoms with van der Waals surface area (Å²) in [6, 6.07) is 3.56. The van der Waals surface area contributed by atoms with Gasteiger partial charge in [-0.1, -0.05) is 0 Å². The Morgan fingerprint density at radius 2 is 2.16 bits per heavy atom. The number of pyridine rings is 1. The molecule has 2 rings (SSSR count). The molecule has 0 aliphatic rings. The average Bonchev–Trinajstić information content (AvgIpc) is 2.81. The van der Waals surface area contributed by atoms with Gasteiger partial charge in [-0.15, -0.1) is 0 Å². The van der Waals surface area contributed by atoms with E-state index in [4.69, 9.17) is 0 Å². The normalized spacial score (nSPS) is 10.3. The number of carbonyl (C=O) groups is 1. The van der Waals surface area contributed by atoms with E-state index in [-0.39, 0.29) is 5.91 Å². The van der Waals surface area contributed by atoms with Crippen LogP contribution in [0.3, 0.4) is 0 Å². The molecule has 2 N–H and O–H groups in total. The molecule has 0 aliphatic carbocycles. The van der Waals surface area contributed by atoms with Crippen molar-refractivity contribution < 1.29 is 4.79 Å². The van der Waals surface area contributed by atoms with Crippen LogP contribution in [0.2, 0.25) is 0 Å². The molecule has 0 saturated carbocycles. The van der Waals surface area contributed by atoms with Gasteiger partial charge >= 0.3 is 0 Å². The molecule has 0 bridgehead atoms. The Balaban J connectivity index is 1.99. The Kier molecular flexibility index (Phi) is 3.79. The zero-order valence-electron chi connectivity index (χ0n) is 11.3. The fourth-order valence-electron chi connectivity index (χ4n) is 1.62. The van der Waals surface area contributed by atoms with Crippen molar-refractivity contribution in [2.75, 3.05) is 19.4 Å². The highest BCUT2D eigenvalue weighted by Gasteiger charge is 2.08. The molecule has 2 heterocycles. The van der Waals surface area contributed by atoms with Gasteiger partial charge < -0.3 is 10.2 Å². The quantitative estimate of drug-likeness (QED) is 0.871. The molecule has 19 heavy (non-hydrogen) atoms. The van der Waals surface area contributed by atoms with E-state index < -0.39 is 0 Å². The molecule has 6 heteroatoms. The first-order chi connectivity index (χ1) is 9.08. The summed E-state index contributed by atoms with van der Waals surface area (Å²) in [4.78, 5) is 17.4. The first kappa shape index (κ1) is 13.1. The molecule has 100 valence electrons. The second kappa shape index (κ2) is 5.51. The summed E-state index contributed by atoms with van der Waals surface area (Å²) in [5.74, 6) is 0.681. The summed E-state index contributed by atoms with van der Waals surface area (Å²) in [6.45, 7) is 2.62. The third kappa shape index (κ3) is 3.09. The van der Waals surface area contributed by atoms with Gasteiger partial charge in [0.1, 0.15) is 5.82 Å². The van der Waals surface area contributed by atoms with Gasteiger partial charge in [-0.2, -0.15) is 5.10 Å². The van der Waals surface area contributed by atoms with Gasteiger partial charge in [0.2, 0.25) is 0 Å². The monoisotopic (exact) mass is 259 g/mol. The van der Waals surface area contributed by atoms with Crippen LogP contribution in [-0.4, -0.2) is 40.1 Å². The fraction of sp³-hybridized carbons (Fsp3) is 0.308. The van der Waals surface area contributed by atoms with Crippen molar-refractivity contribution in [1.82, 2.24) is 20.1 Å². The minimum atomic E-state index is -0.0512. The zero-order chi connectivity index (χ0) is 13.8. The van der Waals surface area contributed by atoms with Crippen LogP contribution in [0.1, 0.15) is 21.6 Å². The molecule has 0 unspecified atom stereocenters. The fourth-order valence-corrected chi connectivity index (χ4v) is 1.62. The van der Waals surface area contributed by atoms with Crippen molar-refractivity contribution in [3.8, 4) is 0 Å². The number of hydrogen-bond acceptors (Lipinski definition) is 4. The minimum absolute atomic E-state index is 0.0512. The van der Waals surface area contributed by atoms with E-state index in [9.17, 15) is 4.79 Å². The summed E-state index contributed by atoms with van der Waals surface area (Å²) in [5, 5.41) is 10.0. The summed E-state index contributed by atoms with van der Waals surface area (Å²) in [6.07, 6.45) is 3.36. The van der Waals surface area contributed by atoms with E-state index in [2.05, 4.69) is 20.5 Å². The topological polar surface area (TPSA) is 73.9 Å². The number of anilines is 1. The minimum Gasteiger partial charge on any atom is -0.366 e. The highest BCUT2D eigenvalue weighted by Crippen LogP contribution is 2.09. The van der Waals surface area contributed by atoms with Crippen molar-refractivity contribution in [2.24, 2.45) is 0 Å². The number of aromatic amines is 1. The summed E-state index contributed by atoms with van der Waals surface area (Å²) < 4.78 is 0. The molecule has 0 radical (unpaired) electrons. The maximum atomic E-state index is 11.7. The SMILES string of the molecule is Cc1[nH]ncc1CNc1ccc(C(=O)N(C)C)cn1. The largest absolute Gasteiger partial charge is 0.366 e. The molecule has 6 nitrogen and oxygen atoms in total. The van der Waals surface area contributed by atoms with E-state index in [1.807, 2.05) is 6.92 Å². The molecule has 0 fully saturated rings. The van der Waals surface area contributed by atoms with Gasteiger partial charge in [0.25, 0.3) is 5.91 Å². The Labute approximate surface area is 111 Å². The average molecular weight is 259 g/mol. The van der Waals surface area contributed by atoms with Gasteiger partial charge in [0.05, 0.1) is 11.8 Å².